The standard InChI is InChI=1S/C17H24N2O3S/c1-17(2,3)19-23(21,22)15-10-6-9-14(12-15)18-16(20)11-13-7-4-5-8-13/h4,6-7,9-10,12-13,19H,5,8,11H2,1-3H3,(H,18,20). The van der Waals surface area contributed by atoms with Gasteiger partial charge in [-0.3, -0.25) is 4.79 Å². The monoisotopic (exact) mass is 336 g/mol. The molecule has 0 saturated heterocycles. The first-order valence-corrected chi connectivity index (χ1v) is 9.25. The molecule has 6 heteroatoms. The largest absolute Gasteiger partial charge is 0.326 e. The second-order valence-corrected chi connectivity index (χ2v) is 8.58. The van der Waals surface area contributed by atoms with E-state index >= 15 is 0 Å². The summed E-state index contributed by atoms with van der Waals surface area (Å²) in [5.74, 6) is 0.185. The first kappa shape index (κ1) is 17.7. The molecule has 0 bridgehead atoms. The van der Waals surface area contributed by atoms with Crippen LogP contribution in [0.4, 0.5) is 5.69 Å². The molecule has 0 fully saturated rings. The zero-order valence-corrected chi connectivity index (χ0v) is 14.6. The van der Waals surface area contributed by atoms with E-state index in [2.05, 4.69) is 22.2 Å². The van der Waals surface area contributed by atoms with Crippen molar-refractivity contribution < 1.29 is 13.2 Å². The second-order valence-electron chi connectivity index (χ2n) is 6.90. The van der Waals surface area contributed by atoms with Gasteiger partial charge in [0, 0.05) is 17.6 Å². The molecular weight excluding hydrogens is 312 g/mol. The summed E-state index contributed by atoms with van der Waals surface area (Å²) in [6, 6.07) is 6.32. The zero-order valence-electron chi connectivity index (χ0n) is 13.8. The molecule has 1 amide bonds. The van der Waals surface area contributed by atoms with Crippen molar-refractivity contribution in [3.05, 3.63) is 36.4 Å². The summed E-state index contributed by atoms with van der Waals surface area (Å²) >= 11 is 0. The number of carbonyl (C=O) groups is 1. The van der Waals surface area contributed by atoms with E-state index in [-0.39, 0.29) is 16.7 Å². The van der Waals surface area contributed by atoms with Crippen LogP contribution in [0.15, 0.2) is 41.3 Å². The average Bonchev–Trinajstić information content (AvgIpc) is 2.89. The van der Waals surface area contributed by atoms with Crippen molar-refractivity contribution in [1.82, 2.24) is 4.72 Å². The maximum absolute atomic E-state index is 12.3. The predicted molar refractivity (Wildman–Crippen MR) is 91.6 cm³/mol. The molecule has 2 rings (SSSR count). The number of hydrogen-bond donors (Lipinski definition) is 2. The smallest absolute Gasteiger partial charge is 0.241 e. The van der Waals surface area contributed by atoms with Crippen molar-refractivity contribution in [2.75, 3.05) is 5.32 Å². The Hall–Kier alpha value is -1.66. The Kier molecular flexibility index (Phi) is 5.26. The first-order valence-electron chi connectivity index (χ1n) is 7.76. The summed E-state index contributed by atoms with van der Waals surface area (Å²) in [7, 11) is -3.61. The molecule has 1 unspecified atom stereocenters. The Balaban J connectivity index is 2.07. The van der Waals surface area contributed by atoms with Crippen molar-refractivity contribution >= 4 is 21.6 Å². The number of amides is 1. The number of carbonyl (C=O) groups excluding carboxylic acids is 1. The van der Waals surface area contributed by atoms with E-state index in [0.29, 0.717) is 12.1 Å². The summed E-state index contributed by atoms with van der Waals surface area (Å²) in [5, 5.41) is 2.78. The van der Waals surface area contributed by atoms with Crippen molar-refractivity contribution in [3.8, 4) is 0 Å². The van der Waals surface area contributed by atoms with Gasteiger partial charge in [-0.15, -0.1) is 0 Å². The molecule has 1 aliphatic rings. The zero-order chi connectivity index (χ0) is 17.1. The molecule has 1 aromatic rings. The summed E-state index contributed by atoms with van der Waals surface area (Å²) in [5.41, 5.74) is -0.0684. The van der Waals surface area contributed by atoms with Gasteiger partial charge in [0.05, 0.1) is 4.90 Å². The normalized spacial score (nSPS) is 18.1. The molecule has 2 N–H and O–H groups in total. The van der Waals surface area contributed by atoms with Gasteiger partial charge in [-0.25, -0.2) is 13.1 Å². The molecular formula is C17H24N2O3S. The fourth-order valence-corrected chi connectivity index (χ4v) is 3.98. The third-order valence-electron chi connectivity index (χ3n) is 3.43. The summed E-state index contributed by atoms with van der Waals surface area (Å²) in [4.78, 5) is 12.2. The highest BCUT2D eigenvalue weighted by Crippen LogP contribution is 2.22. The highest BCUT2D eigenvalue weighted by atomic mass is 32.2. The van der Waals surface area contributed by atoms with Gasteiger partial charge in [-0.2, -0.15) is 0 Å². The van der Waals surface area contributed by atoms with Crippen LogP contribution in [-0.2, 0) is 14.8 Å². The molecule has 126 valence electrons. The topological polar surface area (TPSA) is 75.3 Å². The van der Waals surface area contributed by atoms with Crippen molar-refractivity contribution in [3.63, 3.8) is 0 Å². The number of nitrogens with one attached hydrogen (secondary N) is 2. The van der Waals surface area contributed by atoms with E-state index in [1.54, 1.807) is 32.9 Å². The Morgan fingerprint density at radius 3 is 2.65 bits per heavy atom. The minimum absolute atomic E-state index is 0.0973. The van der Waals surface area contributed by atoms with Crippen LogP contribution in [0.1, 0.15) is 40.0 Å². The molecule has 23 heavy (non-hydrogen) atoms. The number of benzene rings is 1. The number of anilines is 1. The highest BCUT2D eigenvalue weighted by molar-refractivity contribution is 7.89. The maximum atomic E-state index is 12.3. The molecule has 5 nitrogen and oxygen atoms in total. The Morgan fingerprint density at radius 1 is 1.30 bits per heavy atom. The van der Waals surface area contributed by atoms with Gasteiger partial charge in [0.25, 0.3) is 0 Å². The third kappa shape index (κ3) is 5.48. The SMILES string of the molecule is CC(C)(C)NS(=O)(=O)c1cccc(NC(=O)CC2C=CCC2)c1. The number of sulfonamides is 1. The Morgan fingerprint density at radius 2 is 2.04 bits per heavy atom. The van der Waals surface area contributed by atoms with Crippen LogP contribution in [-0.4, -0.2) is 19.9 Å². The average molecular weight is 336 g/mol. The van der Waals surface area contributed by atoms with Gasteiger partial charge in [0.1, 0.15) is 0 Å². The number of hydrogen-bond acceptors (Lipinski definition) is 3. The minimum atomic E-state index is -3.61. The molecule has 1 atom stereocenters. The Labute approximate surface area is 138 Å². The van der Waals surface area contributed by atoms with Crippen LogP contribution >= 0.6 is 0 Å². The molecule has 0 aromatic heterocycles. The predicted octanol–water partition coefficient (Wildman–Crippen LogP) is 3.06. The van der Waals surface area contributed by atoms with Crippen LogP contribution in [0.3, 0.4) is 0 Å². The van der Waals surface area contributed by atoms with Crippen molar-refractivity contribution in [2.24, 2.45) is 5.92 Å². The van der Waals surface area contributed by atoms with E-state index in [4.69, 9.17) is 0 Å². The molecule has 0 spiro atoms. The van der Waals surface area contributed by atoms with Crippen LogP contribution in [0.5, 0.6) is 0 Å². The van der Waals surface area contributed by atoms with Gasteiger partial charge in [0.15, 0.2) is 0 Å². The third-order valence-corrected chi connectivity index (χ3v) is 5.18. The molecule has 0 heterocycles. The van der Waals surface area contributed by atoms with E-state index in [0.717, 1.165) is 12.8 Å². The van der Waals surface area contributed by atoms with E-state index in [1.165, 1.54) is 12.1 Å². The quantitative estimate of drug-likeness (QED) is 0.812. The van der Waals surface area contributed by atoms with Gasteiger partial charge in [0.2, 0.25) is 15.9 Å². The highest BCUT2D eigenvalue weighted by Gasteiger charge is 2.22. The molecule has 0 radical (unpaired) electrons. The van der Waals surface area contributed by atoms with E-state index < -0.39 is 15.6 Å². The van der Waals surface area contributed by atoms with Crippen molar-refractivity contribution in [1.29, 1.82) is 0 Å². The van der Waals surface area contributed by atoms with Crippen LogP contribution in [0.2, 0.25) is 0 Å². The second kappa shape index (κ2) is 6.84. The van der Waals surface area contributed by atoms with Crippen LogP contribution < -0.4 is 10.0 Å². The summed E-state index contributed by atoms with van der Waals surface area (Å²) in [6.07, 6.45) is 6.59. The van der Waals surface area contributed by atoms with Gasteiger partial charge in [-0.1, -0.05) is 18.2 Å². The van der Waals surface area contributed by atoms with Crippen LogP contribution in [0.25, 0.3) is 0 Å². The first-order chi connectivity index (χ1) is 10.7. The lowest BCUT2D eigenvalue weighted by molar-refractivity contribution is -0.116. The van der Waals surface area contributed by atoms with Gasteiger partial charge >= 0.3 is 0 Å². The van der Waals surface area contributed by atoms with Gasteiger partial charge in [-0.05, 0) is 57.7 Å². The maximum Gasteiger partial charge on any atom is 0.241 e. The fraction of sp³-hybridized carbons (Fsp3) is 0.471. The minimum Gasteiger partial charge on any atom is -0.326 e. The number of rotatable bonds is 5. The fourth-order valence-electron chi connectivity index (χ4n) is 2.52. The lowest BCUT2D eigenvalue weighted by atomic mass is 10.1. The van der Waals surface area contributed by atoms with Crippen LogP contribution in [0, 0.1) is 5.92 Å². The molecule has 1 aromatic carbocycles. The summed E-state index contributed by atoms with van der Waals surface area (Å²) in [6.45, 7) is 5.35. The Bertz CT molecular complexity index is 703. The van der Waals surface area contributed by atoms with Crippen molar-refractivity contribution in [2.45, 2.75) is 50.5 Å². The lowest BCUT2D eigenvalue weighted by Gasteiger charge is -2.20. The lowest BCUT2D eigenvalue weighted by Crippen LogP contribution is -2.40. The van der Waals surface area contributed by atoms with E-state index in [1.807, 2.05) is 0 Å². The molecule has 0 aliphatic heterocycles. The van der Waals surface area contributed by atoms with E-state index in [9.17, 15) is 13.2 Å². The number of allylic oxidation sites excluding steroid dienone is 2. The molecule has 1 aliphatic carbocycles. The molecule has 0 saturated carbocycles. The summed E-state index contributed by atoms with van der Waals surface area (Å²) < 4.78 is 27.3. The van der Waals surface area contributed by atoms with Gasteiger partial charge < -0.3 is 5.32 Å².